The van der Waals surface area contributed by atoms with E-state index in [1.54, 1.807) is 24.3 Å². The smallest absolute Gasteiger partial charge is 0.341 e. The van der Waals surface area contributed by atoms with E-state index in [4.69, 9.17) is 9.84 Å². The van der Waals surface area contributed by atoms with Gasteiger partial charge in [0.1, 0.15) is 5.75 Å². The van der Waals surface area contributed by atoms with Crippen LogP contribution in [0, 0.1) is 0 Å². The summed E-state index contributed by atoms with van der Waals surface area (Å²) >= 11 is 0. The minimum atomic E-state index is -0.964. The number of rotatable bonds is 3. The summed E-state index contributed by atoms with van der Waals surface area (Å²) in [4.78, 5) is 10.0. The molecule has 0 bridgehead atoms. The second kappa shape index (κ2) is 5.88. The van der Waals surface area contributed by atoms with Gasteiger partial charge in [0.25, 0.3) is 0 Å². The van der Waals surface area contributed by atoms with Crippen LogP contribution < -0.4 is 4.74 Å². The monoisotopic (exact) mass is 272 g/mol. The van der Waals surface area contributed by atoms with Crippen molar-refractivity contribution in [3.05, 3.63) is 30.3 Å². The van der Waals surface area contributed by atoms with Crippen molar-refractivity contribution in [3.8, 4) is 5.75 Å². The molecule has 1 aromatic carbocycles. The van der Waals surface area contributed by atoms with E-state index in [-0.39, 0.29) is 30.5 Å². The molecule has 62 valence electrons. The van der Waals surface area contributed by atoms with Crippen LogP contribution in [0.4, 0.5) is 0 Å². The van der Waals surface area contributed by atoms with E-state index < -0.39 is 5.97 Å². The van der Waals surface area contributed by atoms with Crippen molar-refractivity contribution in [1.82, 2.24) is 0 Å². The minimum absolute atomic E-state index is 0. The maximum atomic E-state index is 10.0. The molecule has 0 amide bonds. The van der Waals surface area contributed by atoms with Gasteiger partial charge in [-0.15, -0.1) is 0 Å². The summed E-state index contributed by atoms with van der Waals surface area (Å²) in [5, 5.41) is 8.25. The molecule has 0 aliphatic rings. The van der Waals surface area contributed by atoms with Gasteiger partial charge in [-0.1, -0.05) is 18.2 Å². The summed E-state index contributed by atoms with van der Waals surface area (Å²) < 4.78 is 4.87. The first kappa shape index (κ1) is 11.3. The number of carboxylic acids is 1. The molecule has 0 heterocycles. The first-order valence-corrected chi connectivity index (χ1v) is 3.18. The SMILES string of the molecule is O=C(O)COc1ccccc1.[Sn]. The van der Waals surface area contributed by atoms with E-state index in [9.17, 15) is 4.79 Å². The zero-order chi connectivity index (χ0) is 8.10. The van der Waals surface area contributed by atoms with Crippen molar-refractivity contribution in [2.24, 2.45) is 0 Å². The summed E-state index contributed by atoms with van der Waals surface area (Å²) in [6.07, 6.45) is 0. The summed E-state index contributed by atoms with van der Waals surface area (Å²) in [5.41, 5.74) is 0. The van der Waals surface area contributed by atoms with Crippen molar-refractivity contribution in [2.75, 3.05) is 6.61 Å². The van der Waals surface area contributed by atoms with E-state index in [1.807, 2.05) is 6.07 Å². The van der Waals surface area contributed by atoms with Crippen molar-refractivity contribution >= 4 is 29.9 Å². The largest absolute Gasteiger partial charge is 0.482 e. The van der Waals surface area contributed by atoms with Gasteiger partial charge >= 0.3 is 5.97 Å². The van der Waals surface area contributed by atoms with Crippen LogP contribution in [0.15, 0.2) is 30.3 Å². The fourth-order valence-corrected chi connectivity index (χ4v) is 0.662. The molecule has 0 atom stereocenters. The van der Waals surface area contributed by atoms with Crippen LogP contribution >= 0.6 is 0 Å². The van der Waals surface area contributed by atoms with Crippen LogP contribution in [0.25, 0.3) is 0 Å². The maximum Gasteiger partial charge on any atom is 0.341 e. The van der Waals surface area contributed by atoms with Gasteiger partial charge in [0.2, 0.25) is 0 Å². The van der Waals surface area contributed by atoms with Crippen LogP contribution in [-0.4, -0.2) is 41.6 Å². The number of aliphatic carboxylic acids is 1. The maximum absolute atomic E-state index is 10.0. The third kappa shape index (κ3) is 4.23. The van der Waals surface area contributed by atoms with Crippen LogP contribution in [0.2, 0.25) is 0 Å². The van der Waals surface area contributed by atoms with Gasteiger partial charge in [0, 0.05) is 23.9 Å². The number of carboxylic acid groups (broad SMARTS) is 1. The average molecular weight is 271 g/mol. The first-order valence-electron chi connectivity index (χ1n) is 3.18. The van der Waals surface area contributed by atoms with Crippen LogP contribution in [-0.2, 0) is 4.79 Å². The van der Waals surface area contributed by atoms with Gasteiger partial charge in [-0.3, -0.25) is 0 Å². The predicted octanol–water partition coefficient (Wildman–Crippen LogP) is 0.769. The van der Waals surface area contributed by atoms with E-state index in [0.717, 1.165) is 0 Å². The van der Waals surface area contributed by atoms with E-state index >= 15 is 0 Å². The van der Waals surface area contributed by atoms with Gasteiger partial charge in [-0.05, 0) is 12.1 Å². The number of hydrogen-bond donors (Lipinski definition) is 1. The summed E-state index contributed by atoms with van der Waals surface area (Å²) in [6.45, 7) is -0.288. The zero-order valence-corrected chi connectivity index (χ0v) is 9.21. The molecular formula is C8H8O3Sn. The van der Waals surface area contributed by atoms with Gasteiger partial charge in [0.05, 0.1) is 0 Å². The molecule has 0 saturated carbocycles. The van der Waals surface area contributed by atoms with Gasteiger partial charge < -0.3 is 9.84 Å². The average Bonchev–Trinajstić information content (AvgIpc) is 2.03. The molecule has 4 radical (unpaired) electrons. The number of benzene rings is 1. The quantitative estimate of drug-likeness (QED) is 0.826. The van der Waals surface area contributed by atoms with Crippen molar-refractivity contribution < 1.29 is 14.6 Å². The molecular weight excluding hydrogens is 263 g/mol. The van der Waals surface area contributed by atoms with Gasteiger partial charge in [-0.2, -0.15) is 0 Å². The second-order valence-corrected chi connectivity index (χ2v) is 2.00. The van der Waals surface area contributed by atoms with E-state index in [1.165, 1.54) is 0 Å². The fourth-order valence-electron chi connectivity index (χ4n) is 0.662. The Kier molecular flexibility index (Phi) is 5.53. The van der Waals surface area contributed by atoms with Crippen molar-refractivity contribution in [2.45, 2.75) is 0 Å². The van der Waals surface area contributed by atoms with Gasteiger partial charge in [-0.25, -0.2) is 4.79 Å². The molecule has 1 N–H and O–H groups in total. The Morgan fingerprint density at radius 3 is 2.42 bits per heavy atom. The number of carbonyl (C=O) groups is 1. The first-order chi connectivity index (χ1) is 5.29. The summed E-state index contributed by atoms with van der Waals surface area (Å²) in [5.74, 6) is -0.385. The molecule has 0 aromatic heterocycles. The number of ether oxygens (including phenoxy) is 1. The molecule has 1 rings (SSSR count). The van der Waals surface area contributed by atoms with E-state index in [2.05, 4.69) is 0 Å². The summed E-state index contributed by atoms with van der Waals surface area (Å²) in [6, 6.07) is 8.84. The van der Waals surface area contributed by atoms with Crippen molar-refractivity contribution in [3.63, 3.8) is 0 Å². The van der Waals surface area contributed by atoms with Gasteiger partial charge in [0.15, 0.2) is 6.61 Å². The molecule has 12 heavy (non-hydrogen) atoms. The Hall–Kier alpha value is -0.711. The third-order valence-corrected chi connectivity index (χ3v) is 1.11. The standard InChI is InChI=1S/C8H8O3.Sn/c9-8(10)6-11-7-4-2-1-3-5-7;/h1-5H,6H2,(H,9,10);. The Morgan fingerprint density at radius 2 is 1.92 bits per heavy atom. The molecule has 0 saturated heterocycles. The molecule has 0 unspecified atom stereocenters. The molecule has 0 spiro atoms. The van der Waals surface area contributed by atoms with Crippen LogP contribution in [0.5, 0.6) is 5.75 Å². The Balaban J connectivity index is 0.00000121. The second-order valence-electron chi connectivity index (χ2n) is 2.00. The molecule has 1 aromatic rings. The summed E-state index contributed by atoms with van der Waals surface area (Å²) in [7, 11) is 0. The molecule has 4 heteroatoms. The molecule has 3 nitrogen and oxygen atoms in total. The topological polar surface area (TPSA) is 46.5 Å². The zero-order valence-electron chi connectivity index (χ0n) is 6.36. The Labute approximate surface area is 87.3 Å². The van der Waals surface area contributed by atoms with E-state index in [0.29, 0.717) is 5.75 Å². The Bertz CT molecular complexity index is 235. The molecule has 0 aliphatic heterocycles. The fraction of sp³-hybridized carbons (Fsp3) is 0.125. The number of para-hydroxylation sites is 1. The predicted molar refractivity (Wildman–Crippen MR) is 45.3 cm³/mol. The van der Waals surface area contributed by atoms with Crippen molar-refractivity contribution in [1.29, 1.82) is 0 Å². The van der Waals surface area contributed by atoms with Crippen LogP contribution in [0.1, 0.15) is 0 Å². The normalized spacial score (nSPS) is 8.33. The third-order valence-electron chi connectivity index (χ3n) is 1.11. The molecule has 0 fully saturated rings. The Morgan fingerprint density at radius 1 is 1.33 bits per heavy atom. The number of hydrogen-bond acceptors (Lipinski definition) is 2. The minimum Gasteiger partial charge on any atom is -0.482 e. The molecule has 0 aliphatic carbocycles. The van der Waals surface area contributed by atoms with Crippen LogP contribution in [0.3, 0.4) is 0 Å².